The second-order valence-corrected chi connectivity index (χ2v) is 17.1. The lowest BCUT2D eigenvalue weighted by atomic mass is 9.91. The van der Waals surface area contributed by atoms with Gasteiger partial charge in [-0.05, 0) is 86.1 Å². The third kappa shape index (κ3) is 8.84. The second kappa shape index (κ2) is 18.6. The number of piperidine rings is 1. The molecule has 12 nitrogen and oxygen atoms in total. The lowest BCUT2D eigenvalue weighted by Gasteiger charge is -2.35. The number of nitrogens with zero attached hydrogens (tertiary/aromatic N) is 6. The summed E-state index contributed by atoms with van der Waals surface area (Å²) in [7, 11) is 0. The number of likely N-dealkylation sites (tertiary alicyclic amines) is 1. The van der Waals surface area contributed by atoms with Crippen molar-refractivity contribution < 1.29 is 37.1 Å². The monoisotopic (exact) mass is 891 g/mol. The largest absolute Gasteiger partial charge is 0.493 e. The molecule has 5 heterocycles. The summed E-state index contributed by atoms with van der Waals surface area (Å²) in [6, 6.07) is 7.90. The second-order valence-electron chi connectivity index (χ2n) is 16.3. The molecule has 2 atom stereocenters. The standard InChI is InChI=1S/C45H46Cl2F3N7O5/c1-26(46)44(60)56-17-15-55(16-18-56)42-31-22-33(47)38(40(50)41(31)51-25-52-42)39-34(49)8-7-9-36(39)62-19-6-4-2-3-5-13-54-14-12-27(23-54)29-20-28(48)21-30-32(29)24-57(45(30)61)35-10-11-37(58)53-43(35)59/h7-9,20-22,25,27,35H,1-6,10-19,23-24H2,(H,53,58,59). The molecule has 3 saturated heterocycles. The van der Waals surface area contributed by atoms with E-state index in [0.717, 1.165) is 62.9 Å². The minimum atomic E-state index is -0.797. The van der Waals surface area contributed by atoms with E-state index in [1.165, 1.54) is 41.6 Å². The summed E-state index contributed by atoms with van der Waals surface area (Å²) in [5.74, 6) is -2.85. The van der Waals surface area contributed by atoms with E-state index in [4.69, 9.17) is 27.9 Å². The molecule has 2 unspecified atom stereocenters. The third-order valence-electron chi connectivity index (χ3n) is 12.4. The van der Waals surface area contributed by atoms with E-state index in [9.17, 15) is 23.6 Å². The van der Waals surface area contributed by atoms with Crippen LogP contribution in [-0.2, 0) is 20.9 Å². The zero-order chi connectivity index (χ0) is 43.7. The van der Waals surface area contributed by atoms with Crippen molar-refractivity contribution in [2.24, 2.45) is 0 Å². The molecule has 1 N–H and O–H groups in total. The van der Waals surface area contributed by atoms with Crippen LogP contribution in [-0.4, -0.2) is 107 Å². The van der Waals surface area contributed by atoms with Crippen molar-refractivity contribution in [1.82, 2.24) is 30.0 Å². The van der Waals surface area contributed by atoms with Crippen LogP contribution in [0.25, 0.3) is 22.0 Å². The molecule has 326 valence electrons. The fourth-order valence-corrected chi connectivity index (χ4v) is 9.62. The predicted molar refractivity (Wildman–Crippen MR) is 229 cm³/mol. The van der Waals surface area contributed by atoms with Gasteiger partial charge in [0.15, 0.2) is 5.82 Å². The number of amides is 4. The van der Waals surface area contributed by atoms with Crippen LogP contribution in [0.2, 0.25) is 5.02 Å². The van der Waals surface area contributed by atoms with Crippen LogP contribution < -0.4 is 15.0 Å². The number of rotatable bonds is 14. The van der Waals surface area contributed by atoms with Gasteiger partial charge in [-0.15, -0.1) is 0 Å². The summed E-state index contributed by atoms with van der Waals surface area (Å²) in [5, 5.41) is 2.58. The molecular weight excluding hydrogens is 846 g/mol. The normalized spacial score (nSPS) is 19.4. The van der Waals surface area contributed by atoms with Crippen LogP contribution in [0.1, 0.15) is 78.8 Å². The van der Waals surface area contributed by atoms with Gasteiger partial charge in [0.2, 0.25) is 11.8 Å². The van der Waals surface area contributed by atoms with Crippen LogP contribution in [0, 0.1) is 17.5 Å². The van der Waals surface area contributed by atoms with E-state index < -0.39 is 29.4 Å². The molecule has 3 fully saturated rings. The quantitative estimate of drug-likeness (QED) is 0.0786. The minimum absolute atomic E-state index is 0.0203. The number of hydrogen-bond donors (Lipinski definition) is 1. The number of benzene rings is 3. The van der Waals surface area contributed by atoms with Crippen molar-refractivity contribution in [2.75, 3.05) is 57.3 Å². The highest BCUT2D eigenvalue weighted by atomic mass is 35.5. The maximum Gasteiger partial charge on any atom is 0.264 e. The zero-order valence-electron chi connectivity index (χ0n) is 34.0. The summed E-state index contributed by atoms with van der Waals surface area (Å²) in [6.07, 6.45) is 6.96. The average molecular weight is 893 g/mol. The summed E-state index contributed by atoms with van der Waals surface area (Å²) < 4.78 is 52.8. The fourth-order valence-electron chi connectivity index (χ4n) is 9.21. The topological polar surface area (TPSA) is 128 Å². The first-order valence-corrected chi connectivity index (χ1v) is 21.8. The number of hydrogen-bond acceptors (Lipinski definition) is 9. The SMILES string of the molecule is C=C(Cl)C(=O)N1CCN(c2ncnc3c(F)c(-c4c(F)cccc4OCCCCCCCN4CCC(c5cc(F)cc6c5CN(C5CCC(=O)NC5=O)C6=O)C4)c(Cl)cc23)CC1. The van der Waals surface area contributed by atoms with Gasteiger partial charge in [-0.2, -0.15) is 0 Å². The number of carbonyl (C=O) groups is 4. The lowest BCUT2D eigenvalue weighted by molar-refractivity contribution is -0.137. The first kappa shape index (κ1) is 43.4. The Kier molecular flexibility index (Phi) is 13.0. The highest BCUT2D eigenvalue weighted by Crippen LogP contribution is 2.43. The van der Waals surface area contributed by atoms with Crippen LogP contribution in [0.15, 0.2) is 54.3 Å². The zero-order valence-corrected chi connectivity index (χ0v) is 35.6. The van der Waals surface area contributed by atoms with E-state index in [0.29, 0.717) is 49.4 Å². The van der Waals surface area contributed by atoms with E-state index in [1.807, 2.05) is 4.90 Å². The molecule has 4 aliphatic rings. The Balaban J connectivity index is 0.820. The van der Waals surface area contributed by atoms with Gasteiger partial charge in [0, 0.05) is 62.2 Å². The average Bonchev–Trinajstić information content (AvgIpc) is 3.86. The third-order valence-corrected chi connectivity index (χ3v) is 12.8. The number of carbonyl (C=O) groups excluding carboxylic acids is 4. The molecule has 0 bridgehead atoms. The number of fused-ring (bicyclic) bond motifs is 2. The molecule has 3 aromatic carbocycles. The van der Waals surface area contributed by atoms with Crippen LogP contribution >= 0.6 is 23.2 Å². The van der Waals surface area contributed by atoms with E-state index >= 15 is 8.78 Å². The molecule has 8 rings (SSSR count). The molecular formula is C45H46Cl2F3N7O5. The van der Waals surface area contributed by atoms with Crippen LogP contribution in [0.3, 0.4) is 0 Å². The van der Waals surface area contributed by atoms with Crippen molar-refractivity contribution in [3.63, 3.8) is 0 Å². The summed E-state index contributed by atoms with van der Waals surface area (Å²) in [4.78, 5) is 65.7. The molecule has 4 aliphatic heterocycles. The Hall–Kier alpha value is -5.25. The minimum Gasteiger partial charge on any atom is -0.493 e. The molecule has 17 heteroatoms. The highest BCUT2D eigenvalue weighted by molar-refractivity contribution is 6.41. The molecule has 0 saturated carbocycles. The first-order valence-electron chi connectivity index (χ1n) is 21.0. The number of imide groups is 1. The molecule has 0 spiro atoms. The van der Waals surface area contributed by atoms with Crippen molar-refractivity contribution >= 4 is 63.6 Å². The Labute approximate surface area is 367 Å². The van der Waals surface area contributed by atoms with Gasteiger partial charge in [-0.1, -0.05) is 55.1 Å². The predicted octanol–water partition coefficient (Wildman–Crippen LogP) is 7.35. The Morgan fingerprint density at radius 1 is 0.935 bits per heavy atom. The molecule has 0 aliphatic carbocycles. The van der Waals surface area contributed by atoms with Gasteiger partial charge in [-0.3, -0.25) is 24.5 Å². The van der Waals surface area contributed by atoms with Gasteiger partial charge in [0.05, 0.1) is 22.2 Å². The van der Waals surface area contributed by atoms with Gasteiger partial charge in [0.1, 0.15) is 41.1 Å². The number of unbranched alkanes of at least 4 members (excludes halogenated alkanes) is 4. The Morgan fingerprint density at radius 2 is 1.71 bits per heavy atom. The number of halogens is 5. The maximum atomic E-state index is 16.4. The van der Waals surface area contributed by atoms with E-state index in [-0.39, 0.29) is 82.1 Å². The van der Waals surface area contributed by atoms with E-state index in [2.05, 4.69) is 26.8 Å². The summed E-state index contributed by atoms with van der Waals surface area (Å²) >= 11 is 12.5. The van der Waals surface area contributed by atoms with Crippen molar-refractivity contribution in [3.8, 4) is 16.9 Å². The number of ether oxygens (including phenoxy) is 1. The van der Waals surface area contributed by atoms with Crippen LogP contribution in [0.4, 0.5) is 19.0 Å². The fraction of sp³-hybridized carbons (Fsp3) is 0.422. The number of aromatic nitrogens is 2. The highest BCUT2D eigenvalue weighted by Gasteiger charge is 2.41. The van der Waals surface area contributed by atoms with Gasteiger partial charge in [-0.25, -0.2) is 23.1 Å². The molecule has 4 aromatic rings. The number of piperazine rings is 1. The summed E-state index contributed by atoms with van der Waals surface area (Å²) in [6.45, 7) is 8.05. The van der Waals surface area contributed by atoms with Gasteiger partial charge >= 0.3 is 0 Å². The Morgan fingerprint density at radius 3 is 2.48 bits per heavy atom. The molecule has 0 radical (unpaired) electrons. The van der Waals surface area contributed by atoms with Crippen molar-refractivity contribution in [1.29, 1.82) is 0 Å². The van der Waals surface area contributed by atoms with E-state index in [1.54, 1.807) is 11.0 Å². The molecule has 1 aromatic heterocycles. The van der Waals surface area contributed by atoms with Crippen LogP contribution in [0.5, 0.6) is 5.75 Å². The van der Waals surface area contributed by atoms with Crippen molar-refractivity contribution in [3.05, 3.63) is 93.5 Å². The number of anilines is 1. The van der Waals surface area contributed by atoms with Gasteiger partial charge in [0.25, 0.3) is 11.8 Å². The Bertz CT molecular complexity index is 2450. The smallest absolute Gasteiger partial charge is 0.264 e. The summed E-state index contributed by atoms with van der Waals surface area (Å²) in [5.41, 5.74) is 1.63. The molecule has 62 heavy (non-hydrogen) atoms. The van der Waals surface area contributed by atoms with Crippen molar-refractivity contribution in [2.45, 2.75) is 69.9 Å². The van der Waals surface area contributed by atoms with Gasteiger partial charge < -0.3 is 24.3 Å². The first-order chi connectivity index (χ1) is 29.9. The lowest BCUT2D eigenvalue weighted by Crippen LogP contribution is -2.52. The maximum absolute atomic E-state index is 16.4. The molecule has 4 amide bonds. The number of nitrogens with one attached hydrogen (secondary N) is 1.